The van der Waals surface area contributed by atoms with Crippen LogP contribution in [0, 0.1) is 6.92 Å². The monoisotopic (exact) mass is 368 g/mol. The van der Waals surface area contributed by atoms with Gasteiger partial charge in [-0.1, -0.05) is 0 Å². The van der Waals surface area contributed by atoms with E-state index in [0.717, 1.165) is 31.4 Å². The number of piperidine rings is 1. The van der Waals surface area contributed by atoms with Gasteiger partial charge >= 0.3 is 5.69 Å². The molecule has 27 heavy (non-hydrogen) atoms. The van der Waals surface area contributed by atoms with Gasteiger partial charge in [0.2, 0.25) is 5.95 Å². The third-order valence-corrected chi connectivity index (χ3v) is 5.59. The number of amides is 1. The molecule has 1 aliphatic carbocycles. The number of hydrogen-bond donors (Lipinski definition) is 1. The van der Waals surface area contributed by atoms with E-state index in [1.54, 1.807) is 13.0 Å². The number of hydrogen-bond acceptors (Lipinski definition) is 6. The maximum absolute atomic E-state index is 13.0. The van der Waals surface area contributed by atoms with Crippen LogP contribution in [0.5, 0.6) is 0 Å². The number of aromatic nitrogens is 4. The van der Waals surface area contributed by atoms with Crippen LogP contribution in [-0.2, 0) is 11.8 Å². The van der Waals surface area contributed by atoms with Gasteiger partial charge in [-0.05, 0) is 44.2 Å². The second-order valence-corrected chi connectivity index (χ2v) is 7.80. The fourth-order valence-electron chi connectivity index (χ4n) is 4.30. The van der Waals surface area contributed by atoms with E-state index in [9.17, 15) is 9.59 Å². The Labute approximate surface area is 157 Å². The van der Waals surface area contributed by atoms with Gasteiger partial charge in [-0.25, -0.2) is 14.8 Å². The third-order valence-electron chi connectivity index (χ3n) is 5.59. The van der Waals surface area contributed by atoms with Crippen molar-refractivity contribution < 1.29 is 4.79 Å². The lowest BCUT2D eigenvalue weighted by molar-refractivity contribution is 0.0627. The highest BCUT2D eigenvalue weighted by molar-refractivity contribution is 5.92. The summed E-state index contributed by atoms with van der Waals surface area (Å²) in [4.78, 5) is 44.1. The number of anilines is 1. The predicted octanol–water partition coefficient (Wildman–Crippen LogP) is 1.05. The van der Waals surface area contributed by atoms with Gasteiger partial charge < -0.3 is 14.8 Å². The lowest BCUT2D eigenvalue weighted by atomic mass is 9.77. The number of H-pyrrole nitrogens is 1. The van der Waals surface area contributed by atoms with Crippen molar-refractivity contribution in [2.75, 3.05) is 32.1 Å². The van der Waals surface area contributed by atoms with Crippen LogP contribution in [0.3, 0.4) is 0 Å². The SMILES string of the molecule is Cc1cc(C(=O)N2CCCC3(CCc4cnc(N(C)C)nc43)C2)nc(=O)[nH]1. The first-order valence-electron chi connectivity index (χ1n) is 9.29. The Kier molecular flexibility index (Phi) is 4.20. The molecule has 1 unspecified atom stereocenters. The van der Waals surface area contributed by atoms with E-state index in [-0.39, 0.29) is 17.0 Å². The summed E-state index contributed by atoms with van der Waals surface area (Å²) in [7, 11) is 3.86. The minimum Gasteiger partial charge on any atom is -0.347 e. The topological polar surface area (TPSA) is 95.1 Å². The average Bonchev–Trinajstić information content (AvgIpc) is 2.97. The minimum absolute atomic E-state index is 0.132. The highest BCUT2D eigenvalue weighted by Crippen LogP contribution is 2.44. The first kappa shape index (κ1) is 17.6. The number of carbonyl (C=O) groups is 1. The molecule has 0 aromatic carbocycles. The number of nitrogens with zero attached hydrogens (tertiary/aromatic N) is 5. The fraction of sp³-hybridized carbons (Fsp3) is 0.526. The normalized spacial score (nSPS) is 21.4. The second kappa shape index (κ2) is 6.44. The summed E-state index contributed by atoms with van der Waals surface area (Å²) in [6.07, 6.45) is 5.76. The number of likely N-dealkylation sites (tertiary alicyclic amines) is 1. The van der Waals surface area contributed by atoms with Crippen LogP contribution in [0.15, 0.2) is 17.1 Å². The van der Waals surface area contributed by atoms with E-state index in [4.69, 9.17) is 4.98 Å². The standard InChI is InChI=1S/C19H24N6O2/c1-12-9-14(22-18(27)21-12)16(26)25-8-4-6-19(11-25)7-5-13-10-20-17(24(2)3)23-15(13)19/h9-10H,4-8,11H2,1-3H3,(H,21,22,27). The summed E-state index contributed by atoms with van der Waals surface area (Å²) in [5.41, 5.74) is 2.49. The maximum atomic E-state index is 13.0. The predicted molar refractivity (Wildman–Crippen MR) is 101 cm³/mol. The van der Waals surface area contributed by atoms with Gasteiger partial charge in [0.25, 0.3) is 5.91 Å². The van der Waals surface area contributed by atoms with Gasteiger partial charge in [0, 0.05) is 44.5 Å². The Morgan fingerprint density at radius 3 is 2.85 bits per heavy atom. The molecule has 1 amide bonds. The minimum atomic E-state index is -0.486. The summed E-state index contributed by atoms with van der Waals surface area (Å²) < 4.78 is 0. The molecule has 0 radical (unpaired) electrons. The first-order chi connectivity index (χ1) is 12.9. The van der Waals surface area contributed by atoms with Crippen LogP contribution in [0.25, 0.3) is 0 Å². The molecule has 1 N–H and O–H groups in total. The van der Waals surface area contributed by atoms with Crippen molar-refractivity contribution in [3.63, 3.8) is 0 Å². The maximum Gasteiger partial charge on any atom is 0.345 e. The van der Waals surface area contributed by atoms with Crippen molar-refractivity contribution in [2.24, 2.45) is 0 Å². The number of carbonyl (C=O) groups excluding carboxylic acids is 1. The van der Waals surface area contributed by atoms with Crippen LogP contribution >= 0.6 is 0 Å². The van der Waals surface area contributed by atoms with E-state index in [2.05, 4.69) is 15.0 Å². The van der Waals surface area contributed by atoms with Gasteiger partial charge in [-0.15, -0.1) is 0 Å². The molecule has 0 bridgehead atoms. The zero-order valence-corrected chi connectivity index (χ0v) is 15.9. The van der Waals surface area contributed by atoms with Gasteiger partial charge in [-0.2, -0.15) is 4.98 Å². The molecule has 1 atom stereocenters. The molecular formula is C19H24N6O2. The van der Waals surface area contributed by atoms with E-state index in [0.29, 0.717) is 24.7 Å². The van der Waals surface area contributed by atoms with Crippen LogP contribution in [0.2, 0.25) is 0 Å². The van der Waals surface area contributed by atoms with Crippen molar-refractivity contribution in [2.45, 2.75) is 38.0 Å². The van der Waals surface area contributed by atoms with Crippen molar-refractivity contribution in [3.05, 3.63) is 45.4 Å². The number of nitrogens with one attached hydrogen (secondary N) is 1. The smallest absolute Gasteiger partial charge is 0.345 e. The molecule has 4 rings (SSSR count). The Morgan fingerprint density at radius 1 is 1.30 bits per heavy atom. The highest BCUT2D eigenvalue weighted by atomic mass is 16.2. The number of fused-ring (bicyclic) bond motifs is 2. The van der Waals surface area contributed by atoms with Gasteiger partial charge in [0.05, 0.1) is 5.69 Å². The molecule has 1 saturated heterocycles. The highest BCUT2D eigenvalue weighted by Gasteiger charge is 2.45. The molecule has 2 aliphatic rings. The summed E-state index contributed by atoms with van der Waals surface area (Å²) >= 11 is 0. The van der Waals surface area contributed by atoms with Crippen molar-refractivity contribution in [1.29, 1.82) is 0 Å². The largest absolute Gasteiger partial charge is 0.347 e. The molecule has 2 aromatic rings. The number of aryl methyl sites for hydroxylation is 2. The van der Waals surface area contributed by atoms with E-state index in [1.165, 1.54) is 5.56 Å². The Bertz CT molecular complexity index is 949. The van der Waals surface area contributed by atoms with Gasteiger partial charge in [-0.3, -0.25) is 4.79 Å². The van der Waals surface area contributed by atoms with E-state index in [1.807, 2.05) is 30.1 Å². The Hall–Kier alpha value is -2.77. The first-order valence-corrected chi connectivity index (χ1v) is 9.29. The molecule has 8 nitrogen and oxygen atoms in total. The van der Waals surface area contributed by atoms with Crippen molar-refractivity contribution >= 4 is 11.9 Å². The van der Waals surface area contributed by atoms with E-state index < -0.39 is 5.69 Å². The number of rotatable bonds is 2. The molecule has 0 saturated carbocycles. The lowest BCUT2D eigenvalue weighted by Gasteiger charge is -2.40. The summed E-state index contributed by atoms with van der Waals surface area (Å²) in [6, 6.07) is 1.64. The summed E-state index contributed by atoms with van der Waals surface area (Å²) in [5.74, 6) is 0.518. The van der Waals surface area contributed by atoms with Crippen molar-refractivity contribution in [3.8, 4) is 0 Å². The van der Waals surface area contributed by atoms with Crippen LogP contribution in [0.1, 0.15) is 46.7 Å². The zero-order valence-electron chi connectivity index (χ0n) is 15.9. The molecule has 142 valence electrons. The van der Waals surface area contributed by atoms with Crippen LogP contribution in [0.4, 0.5) is 5.95 Å². The van der Waals surface area contributed by atoms with Gasteiger partial charge in [0.15, 0.2) is 0 Å². The Morgan fingerprint density at radius 2 is 2.11 bits per heavy atom. The third kappa shape index (κ3) is 3.09. The molecule has 8 heteroatoms. The van der Waals surface area contributed by atoms with Crippen LogP contribution in [-0.4, -0.2) is 57.9 Å². The molecule has 1 spiro atoms. The summed E-state index contributed by atoms with van der Waals surface area (Å²) in [6.45, 7) is 3.04. The molecule has 2 aromatic heterocycles. The van der Waals surface area contributed by atoms with Crippen LogP contribution < -0.4 is 10.6 Å². The van der Waals surface area contributed by atoms with Gasteiger partial charge in [0.1, 0.15) is 5.69 Å². The summed E-state index contributed by atoms with van der Waals surface area (Å²) in [5, 5.41) is 0. The molecule has 1 fully saturated rings. The molecular weight excluding hydrogens is 344 g/mol. The second-order valence-electron chi connectivity index (χ2n) is 7.80. The molecule has 1 aliphatic heterocycles. The fourth-order valence-corrected chi connectivity index (χ4v) is 4.30. The Balaban J connectivity index is 1.65. The van der Waals surface area contributed by atoms with E-state index >= 15 is 0 Å². The average molecular weight is 368 g/mol. The zero-order chi connectivity index (χ0) is 19.2. The van der Waals surface area contributed by atoms with Crippen molar-refractivity contribution in [1.82, 2.24) is 24.8 Å². The lowest BCUT2D eigenvalue weighted by Crippen LogP contribution is -2.48. The number of aromatic amines is 1. The quantitative estimate of drug-likeness (QED) is 0.851. The molecule has 3 heterocycles.